The van der Waals surface area contributed by atoms with E-state index in [2.05, 4.69) is 11.9 Å². The van der Waals surface area contributed by atoms with E-state index >= 15 is 0 Å². The number of ether oxygens (including phenoxy) is 3. The third-order valence-electron chi connectivity index (χ3n) is 8.84. The Morgan fingerprint density at radius 1 is 1.26 bits per heavy atom. The maximum absolute atomic E-state index is 13.0. The van der Waals surface area contributed by atoms with Gasteiger partial charge >= 0.3 is 5.97 Å². The maximum Gasteiger partial charge on any atom is 0.330 e. The van der Waals surface area contributed by atoms with Crippen LogP contribution >= 0.6 is 0 Å². The van der Waals surface area contributed by atoms with Gasteiger partial charge in [0.2, 0.25) is 0 Å². The average molecular weight is 598 g/mol. The summed E-state index contributed by atoms with van der Waals surface area (Å²) in [5.41, 5.74) is 1.93. The van der Waals surface area contributed by atoms with Gasteiger partial charge in [0.05, 0.1) is 18.3 Å². The summed E-state index contributed by atoms with van der Waals surface area (Å²) in [5, 5.41) is 22.0. The Morgan fingerprint density at radius 2 is 2.00 bits per heavy atom. The molecule has 0 spiro atoms. The molecule has 2 aliphatic rings. The fraction of sp³-hybridized carbons (Fsp3) is 0.600. The highest BCUT2D eigenvalue weighted by atomic mass is 16.6. The summed E-state index contributed by atoms with van der Waals surface area (Å²) in [6, 6.07) is 0. The quantitative estimate of drug-likeness (QED) is 0.156. The minimum atomic E-state index is -0.876. The number of aromatic nitrogens is 1. The fourth-order valence-corrected chi connectivity index (χ4v) is 5.68. The largest absolute Gasteiger partial charge is 0.459 e. The molecule has 1 aromatic rings. The number of epoxide rings is 1. The Morgan fingerprint density at radius 3 is 2.65 bits per heavy atom. The van der Waals surface area contributed by atoms with Crippen molar-refractivity contribution in [2.75, 3.05) is 7.11 Å². The van der Waals surface area contributed by atoms with Gasteiger partial charge in [-0.15, -0.1) is 0 Å². The summed E-state index contributed by atoms with van der Waals surface area (Å²) in [5.74, 6) is 0.101. The van der Waals surface area contributed by atoms with Crippen molar-refractivity contribution in [3.8, 4) is 0 Å². The molecule has 2 aliphatic heterocycles. The monoisotopic (exact) mass is 597 g/mol. The minimum Gasteiger partial charge on any atom is -0.459 e. The number of rotatable bonds is 8. The van der Waals surface area contributed by atoms with E-state index in [9.17, 15) is 15.0 Å². The van der Waals surface area contributed by atoms with Crippen LogP contribution in [0, 0.1) is 24.7 Å². The molecule has 1 aromatic heterocycles. The summed E-state index contributed by atoms with van der Waals surface area (Å²) in [7, 11) is 1.64. The van der Waals surface area contributed by atoms with E-state index < -0.39 is 29.9 Å². The number of hydrogen-bond acceptors (Lipinski definition) is 8. The lowest BCUT2D eigenvalue weighted by Gasteiger charge is -2.32. The van der Waals surface area contributed by atoms with Crippen LogP contribution in [0.25, 0.3) is 6.08 Å². The predicted octanol–water partition coefficient (Wildman–Crippen LogP) is 6.29. The first-order valence-electron chi connectivity index (χ1n) is 15.4. The van der Waals surface area contributed by atoms with Crippen LogP contribution in [-0.2, 0) is 19.0 Å². The zero-order valence-electron chi connectivity index (χ0n) is 27.0. The first-order valence-corrected chi connectivity index (χ1v) is 15.4. The van der Waals surface area contributed by atoms with Crippen LogP contribution < -0.4 is 0 Å². The highest BCUT2D eigenvalue weighted by Crippen LogP contribution is 2.43. The maximum atomic E-state index is 13.0. The van der Waals surface area contributed by atoms with Gasteiger partial charge in [-0.05, 0) is 56.8 Å². The molecule has 3 rings (SSSR count). The Labute approximate surface area is 257 Å². The van der Waals surface area contributed by atoms with E-state index in [4.69, 9.17) is 18.6 Å². The van der Waals surface area contributed by atoms with Crippen molar-refractivity contribution < 1.29 is 33.6 Å². The number of hydrogen-bond donors (Lipinski definition) is 2. The lowest BCUT2D eigenvalue weighted by molar-refractivity contribution is -0.150. The summed E-state index contributed by atoms with van der Waals surface area (Å²) >= 11 is 0. The van der Waals surface area contributed by atoms with Crippen LogP contribution in [0.4, 0.5) is 0 Å². The standard InChI is InChI=1S/C35H51NO7/c1-9-27-14-11-15-33(39)42-30(20-31(38)35(7)32(43-35)17-16-23(3)29(37)19-27)25(5)34(40-8)24(4)13-10-12-22(2)18-28-21-41-26(6)36-28/h10-13,15-18,21,23,25,27,29-32,34,37-38H,9,14,19-20H2,1-8H3/b12-10+,15-11+,17-16+,22-18+,24-13+/t23-,25+,27-,29-,30?,31+,32-,34+,35+/m1/s1. The fourth-order valence-electron chi connectivity index (χ4n) is 5.68. The molecule has 1 saturated heterocycles. The summed E-state index contributed by atoms with van der Waals surface area (Å²) in [6.45, 7) is 13.7. The number of methoxy groups -OCH3 is 1. The number of carbonyl (C=O) groups is 1. The molecule has 0 aliphatic carbocycles. The lowest BCUT2D eigenvalue weighted by Crippen LogP contribution is -2.41. The van der Waals surface area contributed by atoms with Gasteiger partial charge in [0.1, 0.15) is 29.8 Å². The number of allylic oxidation sites excluding steroid dienone is 5. The van der Waals surface area contributed by atoms with Gasteiger partial charge in [-0.1, -0.05) is 63.6 Å². The van der Waals surface area contributed by atoms with E-state index in [0.29, 0.717) is 18.7 Å². The third-order valence-corrected chi connectivity index (χ3v) is 8.84. The van der Waals surface area contributed by atoms with E-state index in [1.165, 1.54) is 6.08 Å². The second kappa shape index (κ2) is 15.8. The molecule has 1 fully saturated rings. The SMILES string of the molecule is CC[C@@H]1C/C=C/C(=O)OC([C@H](C)[C@@H](OC)/C(C)=C/C=C/C(C)=C/c2coc(C)n2)C[C@H](O)[C@]2(C)O[C@@H]2/C=C/[C@@H](C)[C@H](O)C1. The van der Waals surface area contributed by atoms with Gasteiger partial charge in [-0.3, -0.25) is 0 Å². The van der Waals surface area contributed by atoms with Crippen molar-refractivity contribution >= 4 is 12.0 Å². The number of oxazole rings is 1. The van der Waals surface area contributed by atoms with Crippen molar-refractivity contribution in [2.45, 2.75) is 110 Å². The van der Waals surface area contributed by atoms with Gasteiger partial charge in [0.25, 0.3) is 0 Å². The smallest absolute Gasteiger partial charge is 0.330 e. The predicted molar refractivity (Wildman–Crippen MR) is 168 cm³/mol. The Kier molecular flexibility index (Phi) is 12.8. The van der Waals surface area contributed by atoms with Crippen LogP contribution in [0.2, 0.25) is 0 Å². The molecule has 8 heteroatoms. The molecule has 43 heavy (non-hydrogen) atoms. The van der Waals surface area contributed by atoms with Crippen molar-refractivity contribution in [2.24, 2.45) is 17.8 Å². The van der Waals surface area contributed by atoms with Crippen molar-refractivity contribution in [1.82, 2.24) is 4.98 Å². The van der Waals surface area contributed by atoms with Crippen molar-refractivity contribution in [3.63, 3.8) is 0 Å². The van der Waals surface area contributed by atoms with Crippen molar-refractivity contribution in [3.05, 3.63) is 71.5 Å². The Hall–Kier alpha value is -2.78. The molecule has 0 aromatic carbocycles. The molecule has 0 amide bonds. The summed E-state index contributed by atoms with van der Waals surface area (Å²) < 4.78 is 23.1. The van der Waals surface area contributed by atoms with Crippen LogP contribution in [0.3, 0.4) is 0 Å². The summed E-state index contributed by atoms with van der Waals surface area (Å²) in [6.07, 6.45) is 16.5. The molecule has 8 nitrogen and oxygen atoms in total. The first-order chi connectivity index (χ1) is 20.4. The van der Waals surface area contributed by atoms with Crippen LogP contribution in [0.15, 0.2) is 64.4 Å². The van der Waals surface area contributed by atoms with E-state index in [-0.39, 0.29) is 36.4 Å². The molecule has 0 bridgehead atoms. The molecule has 3 heterocycles. The van der Waals surface area contributed by atoms with Gasteiger partial charge in [-0.25, -0.2) is 9.78 Å². The molecular weight excluding hydrogens is 546 g/mol. The molecule has 0 radical (unpaired) electrons. The Balaban J connectivity index is 1.80. The van der Waals surface area contributed by atoms with E-state index in [1.807, 2.05) is 84.1 Å². The zero-order chi connectivity index (χ0) is 31.7. The zero-order valence-corrected chi connectivity index (χ0v) is 27.0. The van der Waals surface area contributed by atoms with E-state index in [0.717, 1.165) is 23.3 Å². The molecule has 1 unspecified atom stereocenters. The normalized spacial score (nSPS) is 34.3. The second-order valence-electron chi connectivity index (χ2n) is 12.4. The van der Waals surface area contributed by atoms with Gasteiger partial charge in [0, 0.05) is 38.4 Å². The number of aliphatic hydroxyl groups excluding tert-OH is 2. The lowest BCUT2D eigenvalue weighted by atomic mass is 9.85. The number of carbonyl (C=O) groups excluding carboxylic acids is 1. The van der Waals surface area contributed by atoms with E-state index in [1.54, 1.807) is 13.4 Å². The Bertz CT molecular complexity index is 1210. The van der Waals surface area contributed by atoms with Crippen LogP contribution in [0.1, 0.15) is 78.8 Å². The number of fused-ring (bicyclic) bond motifs is 1. The summed E-state index contributed by atoms with van der Waals surface area (Å²) in [4.78, 5) is 17.3. The molecule has 0 saturated carbocycles. The molecular formula is C35H51NO7. The number of aryl methyl sites for hydroxylation is 1. The van der Waals surface area contributed by atoms with Crippen LogP contribution in [0.5, 0.6) is 0 Å². The third kappa shape index (κ3) is 9.86. The van der Waals surface area contributed by atoms with Crippen LogP contribution in [-0.4, -0.2) is 64.4 Å². The molecule has 9 atom stereocenters. The number of cyclic esters (lactones) is 1. The average Bonchev–Trinajstić information content (AvgIpc) is 3.46. The minimum absolute atomic E-state index is 0.0497. The highest BCUT2D eigenvalue weighted by Gasteiger charge is 2.56. The molecule has 2 N–H and O–H groups in total. The topological polar surface area (TPSA) is 115 Å². The second-order valence-corrected chi connectivity index (χ2v) is 12.4. The van der Waals surface area contributed by atoms with Gasteiger partial charge in [0.15, 0.2) is 5.89 Å². The van der Waals surface area contributed by atoms with Gasteiger partial charge in [-0.2, -0.15) is 0 Å². The highest BCUT2D eigenvalue weighted by molar-refractivity contribution is 5.82. The first kappa shape index (κ1) is 34.7. The number of aliphatic hydroxyl groups is 2. The molecule has 238 valence electrons. The number of nitrogens with zero attached hydrogens (tertiary/aromatic N) is 1. The number of esters is 1. The van der Waals surface area contributed by atoms with Crippen molar-refractivity contribution in [1.29, 1.82) is 0 Å². The van der Waals surface area contributed by atoms with Gasteiger partial charge < -0.3 is 28.8 Å².